The predicted molar refractivity (Wildman–Crippen MR) is 128 cm³/mol. The summed E-state index contributed by atoms with van der Waals surface area (Å²) in [5, 5.41) is 15.0. The molecule has 1 saturated carbocycles. The summed E-state index contributed by atoms with van der Waals surface area (Å²) in [6.45, 7) is 2.32. The first-order valence-corrected chi connectivity index (χ1v) is 12.1. The lowest BCUT2D eigenvalue weighted by atomic mass is 9.84. The van der Waals surface area contributed by atoms with Crippen LogP contribution in [0.4, 0.5) is 4.79 Å². The van der Waals surface area contributed by atoms with Crippen LogP contribution in [0.25, 0.3) is 11.1 Å². The molecule has 1 saturated heterocycles. The van der Waals surface area contributed by atoms with Crippen LogP contribution in [0.2, 0.25) is 0 Å². The number of nitrogens with one attached hydrogen (secondary N) is 2. The minimum absolute atomic E-state index is 0.0489. The van der Waals surface area contributed by atoms with Gasteiger partial charge in [-0.1, -0.05) is 48.5 Å². The van der Waals surface area contributed by atoms with E-state index < -0.39 is 29.4 Å². The van der Waals surface area contributed by atoms with Crippen molar-refractivity contribution >= 4 is 18.0 Å². The Hall–Kier alpha value is -3.39. The summed E-state index contributed by atoms with van der Waals surface area (Å²) in [5.74, 6) is -1.54. The average Bonchev–Trinajstić information content (AvgIpc) is 3.55. The van der Waals surface area contributed by atoms with Crippen LogP contribution in [0, 0.1) is 11.3 Å². The number of carbonyl (C=O) groups excluding carboxylic acids is 2. The molecule has 3 N–H and O–H groups in total. The molecule has 8 heteroatoms. The van der Waals surface area contributed by atoms with E-state index in [0.29, 0.717) is 19.3 Å². The highest BCUT2D eigenvalue weighted by atomic mass is 16.5. The zero-order valence-corrected chi connectivity index (χ0v) is 19.7. The van der Waals surface area contributed by atoms with Gasteiger partial charge in [-0.3, -0.25) is 9.59 Å². The molecule has 4 unspecified atom stereocenters. The molecule has 0 radical (unpaired) electrons. The van der Waals surface area contributed by atoms with E-state index in [1.165, 1.54) is 0 Å². The largest absolute Gasteiger partial charge is 0.481 e. The zero-order chi connectivity index (χ0) is 24.6. The van der Waals surface area contributed by atoms with E-state index in [0.717, 1.165) is 22.3 Å². The van der Waals surface area contributed by atoms with Crippen molar-refractivity contribution in [3.63, 3.8) is 0 Å². The van der Waals surface area contributed by atoms with Crippen LogP contribution in [0.3, 0.4) is 0 Å². The van der Waals surface area contributed by atoms with Crippen molar-refractivity contribution in [2.24, 2.45) is 11.3 Å². The Kier molecular flexibility index (Phi) is 6.23. The molecule has 8 nitrogen and oxygen atoms in total. The van der Waals surface area contributed by atoms with Gasteiger partial charge in [-0.05, 0) is 48.4 Å². The van der Waals surface area contributed by atoms with Crippen molar-refractivity contribution in [1.82, 2.24) is 10.6 Å². The molecule has 1 heterocycles. The van der Waals surface area contributed by atoms with E-state index in [-0.39, 0.29) is 37.7 Å². The molecule has 5 rings (SSSR count). The Labute approximate surface area is 204 Å². The molecule has 0 spiro atoms. The standard InChI is InChI=1S/C27H30N2O6/c1-27(25(32)28-17-11-10-16(12-17)24(30)31)15-34-14-23(27)29-26(33)35-13-22-20-8-4-2-6-18(20)19-7-3-5-9-21(19)22/h2-9,16-17,22-23H,10-15H2,1H3,(H,28,32)(H,29,33)(H,30,31). The van der Waals surface area contributed by atoms with Gasteiger partial charge in [-0.25, -0.2) is 4.79 Å². The predicted octanol–water partition coefficient (Wildman–Crippen LogP) is 3.30. The van der Waals surface area contributed by atoms with Crippen LogP contribution >= 0.6 is 0 Å². The van der Waals surface area contributed by atoms with E-state index in [2.05, 4.69) is 34.9 Å². The first kappa shape index (κ1) is 23.4. The quantitative estimate of drug-likeness (QED) is 0.587. The summed E-state index contributed by atoms with van der Waals surface area (Å²) in [6, 6.07) is 15.5. The number of ether oxygens (including phenoxy) is 2. The van der Waals surface area contributed by atoms with Gasteiger partial charge in [0, 0.05) is 12.0 Å². The molecule has 2 aromatic carbocycles. The summed E-state index contributed by atoms with van der Waals surface area (Å²) in [5.41, 5.74) is 3.61. The lowest BCUT2D eigenvalue weighted by Gasteiger charge is -2.30. The first-order valence-electron chi connectivity index (χ1n) is 12.1. The molecule has 0 bridgehead atoms. The third kappa shape index (κ3) is 4.38. The van der Waals surface area contributed by atoms with Gasteiger partial charge >= 0.3 is 12.1 Å². The number of alkyl carbamates (subject to hydrolysis) is 1. The van der Waals surface area contributed by atoms with Gasteiger partial charge in [0.25, 0.3) is 0 Å². The van der Waals surface area contributed by atoms with Crippen molar-refractivity contribution < 1.29 is 29.0 Å². The molecule has 2 fully saturated rings. The molecule has 2 aliphatic carbocycles. The molecule has 35 heavy (non-hydrogen) atoms. The Morgan fingerprint density at radius 3 is 2.31 bits per heavy atom. The van der Waals surface area contributed by atoms with Gasteiger partial charge in [-0.15, -0.1) is 0 Å². The Balaban J connectivity index is 1.20. The fraction of sp³-hybridized carbons (Fsp3) is 0.444. The number of aliphatic carboxylic acids is 1. The molecular formula is C27H30N2O6. The van der Waals surface area contributed by atoms with Crippen LogP contribution in [-0.2, 0) is 19.1 Å². The maximum atomic E-state index is 13.1. The minimum Gasteiger partial charge on any atom is -0.481 e. The summed E-state index contributed by atoms with van der Waals surface area (Å²) in [4.78, 5) is 37.1. The third-order valence-electron chi connectivity index (χ3n) is 7.73. The van der Waals surface area contributed by atoms with Crippen molar-refractivity contribution in [3.05, 3.63) is 59.7 Å². The number of hydrogen-bond acceptors (Lipinski definition) is 5. The van der Waals surface area contributed by atoms with Crippen molar-refractivity contribution in [2.75, 3.05) is 19.8 Å². The van der Waals surface area contributed by atoms with Crippen molar-refractivity contribution in [3.8, 4) is 11.1 Å². The summed E-state index contributed by atoms with van der Waals surface area (Å²) in [6.07, 6.45) is 1.01. The topological polar surface area (TPSA) is 114 Å². The van der Waals surface area contributed by atoms with Crippen LogP contribution in [0.1, 0.15) is 43.2 Å². The van der Waals surface area contributed by atoms with Gasteiger partial charge in [-0.2, -0.15) is 0 Å². The monoisotopic (exact) mass is 478 g/mol. The second-order valence-electron chi connectivity index (χ2n) is 9.97. The smallest absolute Gasteiger partial charge is 0.407 e. The van der Waals surface area contributed by atoms with Gasteiger partial charge in [0.1, 0.15) is 6.61 Å². The number of benzene rings is 2. The van der Waals surface area contributed by atoms with Crippen LogP contribution in [0.15, 0.2) is 48.5 Å². The highest BCUT2D eigenvalue weighted by Gasteiger charge is 2.48. The number of amides is 2. The van der Waals surface area contributed by atoms with Gasteiger partial charge in [0.2, 0.25) is 5.91 Å². The van der Waals surface area contributed by atoms with Crippen LogP contribution in [0.5, 0.6) is 0 Å². The lowest BCUT2D eigenvalue weighted by Crippen LogP contribution is -2.55. The molecular weight excluding hydrogens is 448 g/mol. The summed E-state index contributed by atoms with van der Waals surface area (Å²) < 4.78 is 11.2. The first-order chi connectivity index (χ1) is 16.9. The average molecular weight is 479 g/mol. The van der Waals surface area contributed by atoms with Crippen molar-refractivity contribution in [1.29, 1.82) is 0 Å². The van der Waals surface area contributed by atoms with Gasteiger partial charge in [0.05, 0.1) is 30.6 Å². The lowest BCUT2D eigenvalue weighted by molar-refractivity contribution is -0.141. The number of rotatable bonds is 6. The second kappa shape index (κ2) is 9.34. The molecule has 2 aromatic rings. The fourth-order valence-corrected chi connectivity index (χ4v) is 5.57. The third-order valence-corrected chi connectivity index (χ3v) is 7.73. The molecule has 0 aromatic heterocycles. The van der Waals surface area contributed by atoms with E-state index >= 15 is 0 Å². The van der Waals surface area contributed by atoms with E-state index in [9.17, 15) is 19.5 Å². The number of fused-ring (bicyclic) bond motifs is 3. The molecule has 184 valence electrons. The maximum Gasteiger partial charge on any atom is 0.407 e. The Morgan fingerprint density at radius 1 is 1.03 bits per heavy atom. The molecule has 1 aliphatic heterocycles. The highest BCUT2D eigenvalue weighted by Crippen LogP contribution is 2.44. The van der Waals surface area contributed by atoms with E-state index in [1.807, 2.05) is 24.3 Å². The highest BCUT2D eigenvalue weighted by molar-refractivity contribution is 5.85. The molecule has 4 atom stereocenters. The normalized spacial score (nSPS) is 27.2. The zero-order valence-electron chi connectivity index (χ0n) is 19.7. The van der Waals surface area contributed by atoms with Gasteiger partial charge < -0.3 is 25.2 Å². The summed E-state index contributed by atoms with van der Waals surface area (Å²) >= 11 is 0. The number of hydrogen-bond donors (Lipinski definition) is 3. The van der Waals surface area contributed by atoms with E-state index in [1.54, 1.807) is 6.92 Å². The number of carboxylic acid groups (broad SMARTS) is 1. The SMILES string of the molecule is CC1(C(=O)NC2CCC(C(=O)O)C2)COCC1NC(=O)OCC1c2ccccc2-c2ccccc21. The Morgan fingerprint density at radius 2 is 1.69 bits per heavy atom. The van der Waals surface area contributed by atoms with Crippen LogP contribution < -0.4 is 10.6 Å². The molecule has 3 aliphatic rings. The number of carboxylic acids is 1. The fourth-order valence-electron chi connectivity index (χ4n) is 5.57. The summed E-state index contributed by atoms with van der Waals surface area (Å²) in [7, 11) is 0. The Bertz CT molecular complexity index is 1100. The van der Waals surface area contributed by atoms with Gasteiger partial charge in [0.15, 0.2) is 0 Å². The minimum atomic E-state index is -0.965. The number of carbonyl (C=O) groups is 3. The maximum absolute atomic E-state index is 13.1. The van der Waals surface area contributed by atoms with Crippen molar-refractivity contribution in [2.45, 2.75) is 44.2 Å². The molecule has 2 amide bonds. The second-order valence-corrected chi connectivity index (χ2v) is 9.97. The van der Waals surface area contributed by atoms with Crippen LogP contribution in [-0.4, -0.2) is 55.0 Å². The van der Waals surface area contributed by atoms with E-state index in [4.69, 9.17) is 9.47 Å².